The molecule has 0 unspecified atom stereocenters. The van der Waals surface area contributed by atoms with Crippen molar-refractivity contribution >= 4 is 17.3 Å². The van der Waals surface area contributed by atoms with E-state index in [-0.39, 0.29) is 5.69 Å². The van der Waals surface area contributed by atoms with E-state index in [0.717, 1.165) is 5.69 Å². The number of non-ortho nitro benzene ring substituents is 1. The molecule has 0 saturated carbocycles. The van der Waals surface area contributed by atoms with Gasteiger partial charge in [-0.05, 0) is 42.5 Å². The quantitative estimate of drug-likeness (QED) is 0.273. The molecule has 0 bridgehead atoms. The predicted octanol–water partition coefficient (Wildman–Crippen LogP) is 4.91. The maximum absolute atomic E-state index is 11.0. The fraction of sp³-hybridized carbons (Fsp3) is 0. The number of rotatable bonds is 5. The Morgan fingerprint density at radius 3 is 2.40 bits per heavy atom. The molecule has 144 valence electrons. The molecule has 0 aliphatic rings. The number of hydrogen-bond donors (Lipinski definition) is 0. The van der Waals surface area contributed by atoms with Gasteiger partial charge in [0.1, 0.15) is 6.07 Å². The second-order valence-electron chi connectivity index (χ2n) is 6.40. The number of nitriles is 1. The van der Waals surface area contributed by atoms with Crippen LogP contribution < -0.4 is 0 Å². The van der Waals surface area contributed by atoms with Crippen molar-refractivity contribution in [2.45, 2.75) is 0 Å². The molecule has 0 N–H and O–H groups in total. The van der Waals surface area contributed by atoms with Crippen LogP contribution in [0.2, 0.25) is 0 Å². The second kappa shape index (κ2) is 8.20. The van der Waals surface area contributed by atoms with Gasteiger partial charge in [0.25, 0.3) is 5.69 Å². The molecule has 0 amide bonds. The summed E-state index contributed by atoms with van der Waals surface area (Å²) in [4.78, 5) is 14.8. The zero-order valence-electron chi connectivity index (χ0n) is 15.7. The molecule has 4 aromatic rings. The van der Waals surface area contributed by atoms with E-state index in [4.69, 9.17) is 0 Å². The van der Waals surface area contributed by atoms with Gasteiger partial charge >= 0.3 is 0 Å². The summed E-state index contributed by atoms with van der Waals surface area (Å²) in [5, 5.41) is 25.3. The number of benzene rings is 2. The molecule has 2 aromatic heterocycles. The van der Waals surface area contributed by atoms with Gasteiger partial charge in [-0.15, -0.1) is 0 Å². The Labute approximate surface area is 172 Å². The highest BCUT2D eigenvalue weighted by Crippen LogP contribution is 2.28. The molecule has 0 saturated heterocycles. The fourth-order valence-electron chi connectivity index (χ4n) is 3.01. The van der Waals surface area contributed by atoms with Crippen LogP contribution in [0, 0.1) is 21.4 Å². The first-order chi connectivity index (χ1) is 14.7. The largest absolute Gasteiger partial charge is 0.269 e. The molecular weight excluding hydrogens is 378 g/mol. The minimum absolute atomic E-state index is 0.00420. The van der Waals surface area contributed by atoms with Gasteiger partial charge in [-0.3, -0.25) is 15.1 Å². The third kappa shape index (κ3) is 3.84. The van der Waals surface area contributed by atoms with Gasteiger partial charge in [0.15, 0.2) is 0 Å². The van der Waals surface area contributed by atoms with Crippen molar-refractivity contribution < 1.29 is 4.92 Å². The summed E-state index contributed by atoms with van der Waals surface area (Å²) < 4.78 is 1.72. The Bertz CT molecular complexity index is 1250. The topological polar surface area (TPSA) is 97.6 Å². The molecule has 7 heteroatoms. The lowest BCUT2D eigenvalue weighted by molar-refractivity contribution is -0.384. The second-order valence-corrected chi connectivity index (χ2v) is 6.40. The zero-order valence-corrected chi connectivity index (χ0v) is 15.7. The van der Waals surface area contributed by atoms with Crippen LogP contribution in [-0.4, -0.2) is 19.7 Å². The summed E-state index contributed by atoms with van der Waals surface area (Å²) in [6.45, 7) is 0. The summed E-state index contributed by atoms with van der Waals surface area (Å²) in [5.41, 5.74) is 3.84. The van der Waals surface area contributed by atoms with Gasteiger partial charge in [-0.1, -0.05) is 24.3 Å². The van der Waals surface area contributed by atoms with Gasteiger partial charge < -0.3 is 0 Å². The average molecular weight is 393 g/mol. The van der Waals surface area contributed by atoms with Crippen molar-refractivity contribution in [3.05, 3.63) is 107 Å². The Morgan fingerprint density at radius 1 is 1.03 bits per heavy atom. The van der Waals surface area contributed by atoms with Crippen LogP contribution in [0.5, 0.6) is 0 Å². The van der Waals surface area contributed by atoms with Crippen molar-refractivity contribution in [3.8, 4) is 23.0 Å². The Morgan fingerprint density at radius 2 is 1.77 bits per heavy atom. The molecule has 2 heterocycles. The zero-order chi connectivity index (χ0) is 20.9. The monoisotopic (exact) mass is 393 g/mol. The standard InChI is InChI=1S/C23H15N5O2/c24-15-18(22-8-4-5-13-25-22)14-19-16-27(20-6-2-1-3-7-20)26-23(19)17-9-11-21(12-10-17)28(29)30/h1-14,16H. The average Bonchev–Trinajstić information content (AvgIpc) is 3.22. The van der Waals surface area contributed by atoms with Crippen LogP contribution in [0.25, 0.3) is 28.6 Å². The van der Waals surface area contributed by atoms with Crippen molar-refractivity contribution in [3.63, 3.8) is 0 Å². The van der Waals surface area contributed by atoms with Crippen LogP contribution in [0.4, 0.5) is 5.69 Å². The van der Waals surface area contributed by atoms with E-state index in [2.05, 4.69) is 16.2 Å². The number of nitro groups is 1. The van der Waals surface area contributed by atoms with Crippen LogP contribution in [0.15, 0.2) is 85.2 Å². The van der Waals surface area contributed by atoms with Crippen LogP contribution >= 0.6 is 0 Å². The van der Waals surface area contributed by atoms with Crippen LogP contribution in [0.3, 0.4) is 0 Å². The van der Waals surface area contributed by atoms with E-state index in [0.29, 0.717) is 28.1 Å². The molecule has 0 atom stereocenters. The maximum Gasteiger partial charge on any atom is 0.269 e. The van der Waals surface area contributed by atoms with E-state index in [1.54, 1.807) is 41.2 Å². The number of nitro benzene ring substituents is 1. The van der Waals surface area contributed by atoms with Crippen molar-refractivity contribution in [2.75, 3.05) is 0 Å². The van der Waals surface area contributed by atoms with Crippen molar-refractivity contribution in [1.82, 2.24) is 14.8 Å². The molecule has 0 radical (unpaired) electrons. The highest BCUT2D eigenvalue weighted by atomic mass is 16.6. The normalized spacial score (nSPS) is 11.1. The first-order valence-corrected chi connectivity index (χ1v) is 9.09. The fourth-order valence-corrected chi connectivity index (χ4v) is 3.01. The van der Waals surface area contributed by atoms with Crippen LogP contribution in [0.1, 0.15) is 11.3 Å². The smallest absolute Gasteiger partial charge is 0.258 e. The third-order valence-electron chi connectivity index (χ3n) is 4.48. The van der Waals surface area contributed by atoms with Crippen molar-refractivity contribution in [1.29, 1.82) is 5.26 Å². The van der Waals surface area contributed by atoms with E-state index in [9.17, 15) is 15.4 Å². The van der Waals surface area contributed by atoms with Gasteiger partial charge in [-0.25, -0.2) is 4.68 Å². The number of allylic oxidation sites excluding steroid dienone is 1. The Kier molecular flexibility index (Phi) is 5.14. The van der Waals surface area contributed by atoms with Gasteiger partial charge in [0.2, 0.25) is 0 Å². The van der Waals surface area contributed by atoms with Crippen molar-refractivity contribution in [2.24, 2.45) is 0 Å². The molecular formula is C23H15N5O2. The Balaban J connectivity index is 1.86. The lowest BCUT2D eigenvalue weighted by atomic mass is 10.0. The molecule has 7 nitrogen and oxygen atoms in total. The van der Waals surface area contributed by atoms with E-state index in [1.807, 2.05) is 42.6 Å². The summed E-state index contributed by atoms with van der Waals surface area (Å²) in [7, 11) is 0. The molecule has 2 aromatic carbocycles. The lowest BCUT2D eigenvalue weighted by Crippen LogP contribution is -1.94. The molecule has 0 spiro atoms. The van der Waals surface area contributed by atoms with Gasteiger partial charge in [0, 0.05) is 35.7 Å². The first-order valence-electron chi connectivity index (χ1n) is 9.09. The summed E-state index contributed by atoms with van der Waals surface area (Å²) >= 11 is 0. The van der Waals surface area contributed by atoms with Gasteiger partial charge in [-0.2, -0.15) is 10.4 Å². The third-order valence-corrected chi connectivity index (χ3v) is 4.48. The summed E-state index contributed by atoms with van der Waals surface area (Å²) in [6, 6.07) is 23.3. The maximum atomic E-state index is 11.0. The number of aromatic nitrogens is 3. The van der Waals surface area contributed by atoms with E-state index >= 15 is 0 Å². The van der Waals surface area contributed by atoms with Gasteiger partial charge in [0.05, 0.1) is 27.6 Å². The molecule has 0 aliphatic heterocycles. The molecule has 30 heavy (non-hydrogen) atoms. The SMILES string of the molecule is N#CC(=Cc1cn(-c2ccccc2)nc1-c1ccc([N+](=O)[O-])cc1)c1ccccn1. The summed E-state index contributed by atoms with van der Waals surface area (Å²) in [6.07, 6.45) is 5.18. The minimum Gasteiger partial charge on any atom is -0.258 e. The van der Waals surface area contributed by atoms with E-state index < -0.39 is 4.92 Å². The minimum atomic E-state index is -0.442. The number of para-hydroxylation sites is 1. The predicted molar refractivity (Wildman–Crippen MR) is 113 cm³/mol. The molecule has 0 aliphatic carbocycles. The molecule has 0 fully saturated rings. The Hall–Kier alpha value is -4.57. The van der Waals surface area contributed by atoms with Crippen LogP contribution in [-0.2, 0) is 0 Å². The number of hydrogen-bond acceptors (Lipinski definition) is 5. The lowest BCUT2D eigenvalue weighted by Gasteiger charge is -2.01. The number of nitrogens with zero attached hydrogens (tertiary/aromatic N) is 5. The summed E-state index contributed by atoms with van der Waals surface area (Å²) in [5.74, 6) is 0. The first kappa shape index (κ1) is 18.8. The number of pyridine rings is 1. The highest BCUT2D eigenvalue weighted by Gasteiger charge is 2.14. The van der Waals surface area contributed by atoms with E-state index in [1.165, 1.54) is 12.1 Å². The highest BCUT2D eigenvalue weighted by molar-refractivity contribution is 5.91. The molecule has 4 rings (SSSR count).